The third-order valence-corrected chi connectivity index (χ3v) is 6.43. The van der Waals surface area contributed by atoms with E-state index in [2.05, 4.69) is 4.98 Å². The minimum Gasteiger partial charge on any atom is -0.507 e. The average molecular weight is 444 g/mol. The van der Waals surface area contributed by atoms with E-state index in [9.17, 15) is 19.1 Å². The summed E-state index contributed by atoms with van der Waals surface area (Å²) in [6.45, 7) is 1.97. The number of ketones is 1. The lowest BCUT2D eigenvalue weighted by Gasteiger charge is -2.22. The molecule has 0 aliphatic carbocycles. The number of hydrogen-bond acceptors (Lipinski definition) is 5. The zero-order valence-electron chi connectivity index (χ0n) is 16.9. The largest absolute Gasteiger partial charge is 0.507 e. The first-order chi connectivity index (χ1) is 15.4. The number of thiazole rings is 1. The summed E-state index contributed by atoms with van der Waals surface area (Å²) in [6.07, 6.45) is 0. The summed E-state index contributed by atoms with van der Waals surface area (Å²) in [7, 11) is 0. The molecule has 0 bridgehead atoms. The molecule has 1 fully saturated rings. The van der Waals surface area contributed by atoms with Gasteiger partial charge in [-0.3, -0.25) is 14.5 Å². The van der Waals surface area contributed by atoms with Crippen LogP contribution in [0.5, 0.6) is 0 Å². The fourth-order valence-electron chi connectivity index (χ4n) is 3.87. The Balaban J connectivity index is 1.72. The van der Waals surface area contributed by atoms with Crippen LogP contribution in [0, 0.1) is 12.7 Å². The van der Waals surface area contributed by atoms with Crippen LogP contribution in [-0.2, 0) is 9.59 Å². The van der Waals surface area contributed by atoms with Crippen LogP contribution in [0.2, 0.25) is 0 Å². The molecule has 7 heteroatoms. The number of anilines is 1. The number of rotatable bonds is 3. The number of nitrogens with zero attached hydrogens (tertiary/aromatic N) is 2. The number of aryl methyl sites for hydroxylation is 1. The van der Waals surface area contributed by atoms with Gasteiger partial charge >= 0.3 is 5.91 Å². The van der Waals surface area contributed by atoms with E-state index in [0.29, 0.717) is 10.7 Å². The number of amides is 1. The summed E-state index contributed by atoms with van der Waals surface area (Å²) in [5.74, 6) is -2.39. The smallest absolute Gasteiger partial charge is 0.301 e. The van der Waals surface area contributed by atoms with Gasteiger partial charge < -0.3 is 5.11 Å². The number of carbonyl (C=O) groups is 2. The Morgan fingerprint density at radius 1 is 1.03 bits per heavy atom. The van der Waals surface area contributed by atoms with Gasteiger partial charge in [-0.2, -0.15) is 0 Å². The molecule has 1 N–H and O–H groups in total. The highest BCUT2D eigenvalue weighted by atomic mass is 32.1. The number of halogens is 1. The molecule has 32 heavy (non-hydrogen) atoms. The number of aromatic nitrogens is 1. The fraction of sp³-hybridized carbons (Fsp3) is 0.0800. The lowest BCUT2D eigenvalue weighted by Crippen LogP contribution is -2.29. The maximum atomic E-state index is 13.4. The van der Waals surface area contributed by atoms with Gasteiger partial charge in [-0.15, -0.1) is 0 Å². The molecule has 5 nitrogen and oxygen atoms in total. The molecule has 1 atom stereocenters. The summed E-state index contributed by atoms with van der Waals surface area (Å²) in [5.41, 5.74) is 2.65. The third kappa shape index (κ3) is 3.27. The predicted molar refractivity (Wildman–Crippen MR) is 122 cm³/mol. The lowest BCUT2D eigenvalue weighted by molar-refractivity contribution is -0.132. The Morgan fingerprint density at radius 2 is 1.75 bits per heavy atom. The molecule has 1 amide bonds. The van der Waals surface area contributed by atoms with E-state index < -0.39 is 23.5 Å². The van der Waals surface area contributed by atoms with Crippen molar-refractivity contribution in [3.8, 4) is 0 Å². The summed E-state index contributed by atoms with van der Waals surface area (Å²) in [6, 6.07) is 19.1. The van der Waals surface area contributed by atoms with E-state index in [-0.39, 0.29) is 16.9 Å². The molecule has 5 rings (SSSR count). The summed E-state index contributed by atoms with van der Waals surface area (Å²) < 4.78 is 14.3. The quantitative estimate of drug-likeness (QED) is 0.262. The summed E-state index contributed by atoms with van der Waals surface area (Å²) >= 11 is 1.31. The summed E-state index contributed by atoms with van der Waals surface area (Å²) in [5, 5.41) is 11.4. The first-order valence-electron chi connectivity index (χ1n) is 9.93. The average Bonchev–Trinajstić information content (AvgIpc) is 3.32. The van der Waals surface area contributed by atoms with Crippen molar-refractivity contribution < 1.29 is 19.1 Å². The van der Waals surface area contributed by atoms with Crippen LogP contribution in [0.15, 0.2) is 78.4 Å². The monoisotopic (exact) mass is 444 g/mol. The molecule has 4 aromatic rings. The topological polar surface area (TPSA) is 70.5 Å². The second-order valence-corrected chi connectivity index (χ2v) is 8.56. The van der Waals surface area contributed by atoms with Crippen LogP contribution in [-0.4, -0.2) is 21.8 Å². The van der Waals surface area contributed by atoms with Crippen LogP contribution >= 0.6 is 11.3 Å². The molecule has 2 heterocycles. The number of benzene rings is 3. The van der Waals surface area contributed by atoms with Crippen molar-refractivity contribution in [3.63, 3.8) is 0 Å². The Hall–Kier alpha value is -3.84. The maximum Gasteiger partial charge on any atom is 0.301 e. The zero-order valence-corrected chi connectivity index (χ0v) is 17.8. The SMILES string of the molecule is Cc1ccc2nc(N3C(=O)C(=O)C(=C(O)c4ccc(F)cc4)C3c3ccccc3)sc2c1. The second-order valence-electron chi connectivity index (χ2n) is 7.55. The number of aliphatic hydroxyl groups is 1. The molecule has 1 unspecified atom stereocenters. The van der Waals surface area contributed by atoms with Crippen LogP contribution in [0.4, 0.5) is 9.52 Å². The van der Waals surface area contributed by atoms with E-state index in [4.69, 9.17) is 0 Å². The molecule has 0 spiro atoms. The fourth-order valence-corrected chi connectivity index (χ4v) is 4.96. The highest BCUT2D eigenvalue weighted by Gasteiger charge is 2.48. The molecule has 1 aliphatic rings. The number of Topliss-reactive ketones (excluding diaryl/α,β-unsaturated/α-hetero) is 1. The van der Waals surface area contributed by atoms with E-state index in [1.807, 2.05) is 31.2 Å². The number of aliphatic hydroxyl groups excluding tert-OH is 1. The van der Waals surface area contributed by atoms with Crippen LogP contribution < -0.4 is 4.90 Å². The standard InChI is InChI=1S/C25H17FN2O3S/c1-14-7-12-18-19(13-14)32-25(27-18)28-21(15-5-3-2-4-6-15)20(23(30)24(28)31)22(29)16-8-10-17(26)11-9-16/h2-13,21,29H,1H3. The molecular formula is C25H17FN2O3S. The van der Waals surface area contributed by atoms with Gasteiger partial charge in [0, 0.05) is 5.56 Å². The Kier molecular flexibility index (Phi) is 4.83. The van der Waals surface area contributed by atoms with Crippen molar-refractivity contribution in [3.05, 3.63) is 101 Å². The number of hydrogen-bond donors (Lipinski definition) is 1. The molecule has 0 saturated carbocycles. The molecular weight excluding hydrogens is 427 g/mol. The molecule has 0 radical (unpaired) electrons. The zero-order chi connectivity index (χ0) is 22.4. The second kappa shape index (κ2) is 7.69. The number of fused-ring (bicyclic) bond motifs is 1. The Labute approximate surface area is 187 Å². The van der Waals surface area contributed by atoms with E-state index >= 15 is 0 Å². The van der Waals surface area contributed by atoms with Crippen molar-refractivity contribution in [2.75, 3.05) is 4.90 Å². The van der Waals surface area contributed by atoms with Gasteiger partial charge in [0.15, 0.2) is 5.13 Å². The van der Waals surface area contributed by atoms with Crippen LogP contribution in [0.1, 0.15) is 22.7 Å². The normalized spacial score (nSPS) is 17.9. The predicted octanol–water partition coefficient (Wildman–Crippen LogP) is 5.37. The minimum absolute atomic E-state index is 0.0526. The van der Waals surface area contributed by atoms with Crippen molar-refractivity contribution in [1.29, 1.82) is 0 Å². The van der Waals surface area contributed by atoms with Gasteiger partial charge in [0.2, 0.25) is 0 Å². The highest BCUT2D eigenvalue weighted by molar-refractivity contribution is 7.22. The van der Waals surface area contributed by atoms with Crippen molar-refractivity contribution in [2.24, 2.45) is 0 Å². The van der Waals surface area contributed by atoms with Crippen molar-refractivity contribution in [2.45, 2.75) is 13.0 Å². The van der Waals surface area contributed by atoms with Crippen LogP contribution in [0.3, 0.4) is 0 Å². The van der Waals surface area contributed by atoms with Crippen LogP contribution in [0.25, 0.3) is 16.0 Å². The first kappa shape index (κ1) is 20.1. The van der Waals surface area contributed by atoms with Gasteiger partial charge in [0.25, 0.3) is 5.78 Å². The molecule has 158 valence electrons. The number of carbonyl (C=O) groups excluding carboxylic acids is 2. The summed E-state index contributed by atoms with van der Waals surface area (Å²) in [4.78, 5) is 32.2. The van der Waals surface area contributed by atoms with Crippen molar-refractivity contribution in [1.82, 2.24) is 4.98 Å². The highest BCUT2D eigenvalue weighted by Crippen LogP contribution is 2.44. The van der Waals surface area contributed by atoms with Crippen molar-refractivity contribution >= 4 is 44.1 Å². The maximum absolute atomic E-state index is 13.4. The van der Waals surface area contributed by atoms with Gasteiger partial charge in [0.1, 0.15) is 11.6 Å². The molecule has 1 aliphatic heterocycles. The molecule has 1 aromatic heterocycles. The van der Waals surface area contributed by atoms with E-state index in [1.165, 1.54) is 40.5 Å². The van der Waals surface area contributed by atoms with Gasteiger partial charge in [-0.1, -0.05) is 47.7 Å². The Bertz CT molecular complexity index is 1390. The molecule has 3 aromatic carbocycles. The van der Waals surface area contributed by atoms with Gasteiger partial charge in [-0.25, -0.2) is 9.37 Å². The third-order valence-electron chi connectivity index (χ3n) is 5.42. The lowest BCUT2D eigenvalue weighted by atomic mass is 9.95. The minimum atomic E-state index is -0.858. The van der Waals surface area contributed by atoms with Gasteiger partial charge in [-0.05, 0) is 54.4 Å². The van der Waals surface area contributed by atoms with E-state index in [1.54, 1.807) is 24.3 Å². The van der Waals surface area contributed by atoms with E-state index in [0.717, 1.165) is 15.8 Å². The van der Waals surface area contributed by atoms with Gasteiger partial charge in [0.05, 0.1) is 21.8 Å². The first-order valence-corrected chi connectivity index (χ1v) is 10.7. The molecule has 1 saturated heterocycles. The Morgan fingerprint density at radius 3 is 2.47 bits per heavy atom.